The highest BCUT2D eigenvalue weighted by Gasteiger charge is 2.27. The van der Waals surface area contributed by atoms with Crippen molar-refractivity contribution in [2.45, 2.75) is 45.8 Å². The Balaban J connectivity index is 1.79. The number of alkyl carbamates (subject to hydrolysis) is 1. The standard InChI is InChI=1S/C18H28N2O2/c1-3-8-16-11-17(13-20(4-2)12-16)19-18(21)22-14-15-9-6-5-7-10-15/h5-7,9-10,16-17H,3-4,8,11-14H2,1-2H3,(H,19,21). The van der Waals surface area contributed by atoms with Crippen molar-refractivity contribution in [3.63, 3.8) is 0 Å². The summed E-state index contributed by atoms with van der Waals surface area (Å²) in [7, 11) is 0. The van der Waals surface area contributed by atoms with Crippen LogP contribution < -0.4 is 5.32 Å². The van der Waals surface area contributed by atoms with Crippen LogP contribution in [0.15, 0.2) is 30.3 Å². The maximum absolute atomic E-state index is 12.0. The molecule has 2 rings (SSSR count). The van der Waals surface area contributed by atoms with Gasteiger partial charge in [-0.15, -0.1) is 0 Å². The van der Waals surface area contributed by atoms with Crippen LogP contribution in [-0.4, -0.2) is 36.7 Å². The monoisotopic (exact) mass is 304 g/mol. The molecule has 0 radical (unpaired) electrons. The summed E-state index contributed by atoms with van der Waals surface area (Å²) in [6.45, 7) is 7.85. The fourth-order valence-corrected chi connectivity index (χ4v) is 3.21. The lowest BCUT2D eigenvalue weighted by Gasteiger charge is -2.37. The number of likely N-dealkylation sites (tertiary alicyclic amines) is 1. The summed E-state index contributed by atoms with van der Waals surface area (Å²) in [4.78, 5) is 14.4. The molecule has 4 heteroatoms. The van der Waals surface area contributed by atoms with Crippen LogP contribution in [0, 0.1) is 5.92 Å². The maximum Gasteiger partial charge on any atom is 0.407 e. The third kappa shape index (κ3) is 5.34. The lowest BCUT2D eigenvalue weighted by atomic mass is 9.90. The molecule has 1 aliphatic rings. The molecule has 122 valence electrons. The number of piperidine rings is 1. The number of amides is 1. The fourth-order valence-electron chi connectivity index (χ4n) is 3.21. The van der Waals surface area contributed by atoms with Crippen molar-refractivity contribution in [1.82, 2.24) is 10.2 Å². The molecule has 0 saturated carbocycles. The molecule has 1 fully saturated rings. The largest absolute Gasteiger partial charge is 0.445 e. The van der Waals surface area contributed by atoms with Crippen molar-refractivity contribution in [1.29, 1.82) is 0 Å². The molecule has 2 unspecified atom stereocenters. The van der Waals surface area contributed by atoms with Crippen LogP contribution in [0.1, 0.15) is 38.7 Å². The molecule has 0 spiro atoms. The van der Waals surface area contributed by atoms with Gasteiger partial charge in [-0.25, -0.2) is 4.79 Å². The van der Waals surface area contributed by atoms with Crippen molar-refractivity contribution in [3.8, 4) is 0 Å². The lowest BCUT2D eigenvalue weighted by molar-refractivity contribution is 0.110. The minimum atomic E-state index is -0.304. The molecule has 1 saturated heterocycles. The second-order valence-corrected chi connectivity index (χ2v) is 6.15. The minimum absolute atomic E-state index is 0.202. The van der Waals surface area contributed by atoms with E-state index in [2.05, 4.69) is 24.1 Å². The molecule has 22 heavy (non-hydrogen) atoms. The molecule has 0 aromatic heterocycles. The van der Waals surface area contributed by atoms with E-state index in [9.17, 15) is 4.79 Å². The molecule has 0 bridgehead atoms. The van der Waals surface area contributed by atoms with E-state index in [-0.39, 0.29) is 12.1 Å². The molecule has 1 heterocycles. The van der Waals surface area contributed by atoms with E-state index >= 15 is 0 Å². The topological polar surface area (TPSA) is 41.6 Å². The average Bonchev–Trinajstić information content (AvgIpc) is 2.54. The van der Waals surface area contributed by atoms with Crippen LogP contribution in [0.25, 0.3) is 0 Å². The number of likely N-dealkylation sites (N-methyl/N-ethyl adjacent to an activating group) is 1. The van der Waals surface area contributed by atoms with Gasteiger partial charge in [-0.2, -0.15) is 0 Å². The summed E-state index contributed by atoms with van der Waals surface area (Å²) in [5, 5.41) is 3.04. The van der Waals surface area contributed by atoms with Gasteiger partial charge in [0.15, 0.2) is 0 Å². The molecular weight excluding hydrogens is 276 g/mol. The zero-order chi connectivity index (χ0) is 15.8. The first-order valence-electron chi connectivity index (χ1n) is 8.40. The van der Waals surface area contributed by atoms with Gasteiger partial charge >= 0.3 is 6.09 Å². The highest BCUT2D eigenvalue weighted by Crippen LogP contribution is 2.21. The number of benzene rings is 1. The van der Waals surface area contributed by atoms with Gasteiger partial charge in [0.25, 0.3) is 0 Å². The van der Waals surface area contributed by atoms with E-state index < -0.39 is 0 Å². The average molecular weight is 304 g/mol. The predicted octanol–water partition coefficient (Wildman–Crippen LogP) is 3.42. The third-order valence-electron chi connectivity index (χ3n) is 4.29. The van der Waals surface area contributed by atoms with Crippen LogP contribution in [0.4, 0.5) is 4.79 Å². The molecular formula is C18H28N2O2. The van der Waals surface area contributed by atoms with Crippen molar-refractivity contribution in [2.24, 2.45) is 5.92 Å². The first kappa shape index (κ1) is 16.8. The minimum Gasteiger partial charge on any atom is -0.445 e. The van der Waals surface area contributed by atoms with Crippen LogP contribution in [0.3, 0.4) is 0 Å². The Labute approximate surface area is 133 Å². The first-order chi connectivity index (χ1) is 10.7. The maximum atomic E-state index is 12.0. The number of nitrogens with zero attached hydrogens (tertiary/aromatic N) is 1. The van der Waals surface area contributed by atoms with Crippen molar-refractivity contribution in [3.05, 3.63) is 35.9 Å². The Kier molecular flexibility index (Phi) is 6.72. The van der Waals surface area contributed by atoms with E-state index in [0.717, 1.165) is 31.6 Å². The number of nitrogens with one attached hydrogen (secondary N) is 1. The summed E-state index contributed by atoms with van der Waals surface area (Å²) < 4.78 is 5.33. The predicted molar refractivity (Wildman–Crippen MR) is 88.7 cm³/mol. The first-order valence-corrected chi connectivity index (χ1v) is 8.40. The zero-order valence-corrected chi connectivity index (χ0v) is 13.8. The van der Waals surface area contributed by atoms with Crippen molar-refractivity contribution >= 4 is 6.09 Å². The van der Waals surface area contributed by atoms with Gasteiger partial charge < -0.3 is 15.0 Å². The van der Waals surface area contributed by atoms with Gasteiger partial charge in [-0.05, 0) is 30.9 Å². The molecule has 0 aliphatic carbocycles. The van der Waals surface area contributed by atoms with Crippen molar-refractivity contribution in [2.75, 3.05) is 19.6 Å². The van der Waals surface area contributed by atoms with Crippen LogP contribution in [0.5, 0.6) is 0 Å². The Morgan fingerprint density at radius 3 is 2.73 bits per heavy atom. The second-order valence-electron chi connectivity index (χ2n) is 6.15. The quantitative estimate of drug-likeness (QED) is 0.875. The number of ether oxygens (including phenoxy) is 1. The highest BCUT2D eigenvalue weighted by molar-refractivity contribution is 5.67. The van der Waals surface area contributed by atoms with Crippen LogP contribution in [0.2, 0.25) is 0 Å². The van der Waals surface area contributed by atoms with Gasteiger partial charge in [-0.1, -0.05) is 50.6 Å². The number of carbonyl (C=O) groups is 1. The van der Waals surface area contributed by atoms with Gasteiger partial charge in [0.1, 0.15) is 6.61 Å². The SMILES string of the molecule is CCCC1CC(NC(=O)OCc2ccccc2)CN(CC)C1. The smallest absolute Gasteiger partial charge is 0.407 e. The number of hydrogen-bond donors (Lipinski definition) is 1. The molecule has 1 aliphatic heterocycles. The third-order valence-corrected chi connectivity index (χ3v) is 4.29. The summed E-state index contributed by atoms with van der Waals surface area (Å²) in [6.07, 6.45) is 3.19. The summed E-state index contributed by atoms with van der Waals surface area (Å²) in [6, 6.07) is 9.99. The summed E-state index contributed by atoms with van der Waals surface area (Å²) >= 11 is 0. The van der Waals surface area contributed by atoms with Crippen LogP contribution >= 0.6 is 0 Å². The fraction of sp³-hybridized carbons (Fsp3) is 0.611. The Morgan fingerprint density at radius 1 is 1.27 bits per heavy atom. The van der Waals surface area contributed by atoms with E-state index in [1.54, 1.807) is 0 Å². The Morgan fingerprint density at radius 2 is 2.05 bits per heavy atom. The molecule has 1 amide bonds. The van der Waals surface area contributed by atoms with Gasteiger partial charge in [0.05, 0.1) is 0 Å². The van der Waals surface area contributed by atoms with E-state index in [1.807, 2.05) is 30.3 Å². The van der Waals surface area contributed by atoms with Crippen LogP contribution in [-0.2, 0) is 11.3 Å². The molecule has 2 atom stereocenters. The summed E-state index contributed by atoms with van der Waals surface area (Å²) in [5.41, 5.74) is 1.01. The van der Waals surface area contributed by atoms with Gasteiger partial charge in [0.2, 0.25) is 0 Å². The molecule has 1 aromatic carbocycles. The molecule has 1 aromatic rings. The summed E-state index contributed by atoms with van der Waals surface area (Å²) in [5.74, 6) is 0.679. The van der Waals surface area contributed by atoms with E-state index in [1.165, 1.54) is 12.8 Å². The molecule has 1 N–H and O–H groups in total. The Hall–Kier alpha value is -1.55. The van der Waals surface area contributed by atoms with E-state index in [0.29, 0.717) is 12.5 Å². The normalized spacial score (nSPS) is 22.3. The zero-order valence-electron chi connectivity index (χ0n) is 13.8. The van der Waals surface area contributed by atoms with E-state index in [4.69, 9.17) is 4.74 Å². The molecule has 4 nitrogen and oxygen atoms in total. The number of carbonyl (C=O) groups excluding carboxylic acids is 1. The van der Waals surface area contributed by atoms with Gasteiger partial charge in [-0.3, -0.25) is 0 Å². The Bertz CT molecular complexity index is 450. The number of hydrogen-bond acceptors (Lipinski definition) is 3. The highest BCUT2D eigenvalue weighted by atomic mass is 16.5. The lowest BCUT2D eigenvalue weighted by Crippen LogP contribution is -2.50. The number of rotatable bonds is 6. The van der Waals surface area contributed by atoms with Gasteiger partial charge in [0, 0.05) is 19.1 Å². The van der Waals surface area contributed by atoms with Crippen molar-refractivity contribution < 1.29 is 9.53 Å². The second kappa shape index (κ2) is 8.79.